The van der Waals surface area contributed by atoms with Crippen LogP contribution in [0.2, 0.25) is 0 Å². The van der Waals surface area contributed by atoms with E-state index in [1.165, 1.54) is 6.08 Å². The maximum Gasteiger partial charge on any atom is 0.282 e. The first kappa shape index (κ1) is 11.0. The van der Waals surface area contributed by atoms with Crippen molar-refractivity contribution in [2.75, 3.05) is 13.2 Å². The molecule has 0 aliphatic rings. The standard InChI is InChI=1S/C9H16O3/c1-4-8(10)7-9(11-5-2)12-6-3/h7H,4-6H2,1-3H3. The van der Waals surface area contributed by atoms with Crippen LogP contribution in [0.3, 0.4) is 0 Å². The molecule has 0 spiro atoms. The number of ketones is 1. The number of carbonyl (C=O) groups excluding carboxylic acids is 1. The van der Waals surface area contributed by atoms with E-state index in [2.05, 4.69) is 0 Å². The van der Waals surface area contributed by atoms with Crippen molar-refractivity contribution in [1.82, 2.24) is 0 Å². The van der Waals surface area contributed by atoms with Crippen molar-refractivity contribution in [3.05, 3.63) is 12.0 Å². The van der Waals surface area contributed by atoms with Crippen molar-refractivity contribution in [3.8, 4) is 0 Å². The van der Waals surface area contributed by atoms with E-state index in [1.807, 2.05) is 13.8 Å². The topological polar surface area (TPSA) is 35.5 Å². The van der Waals surface area contributed by atoms with Gasteiger partial charge in [0.2, 0.25) is 0 Å². The van der Waals surface area contributed by atoms with Gasteiger partial charge in [0.25, 0.3) is 5.95 Å². The van der Waals surface area contributed by atoms with Gasteiger partial charge in [-0.2, -0.15) is 0 Å². The predicted octanol–water partition coefficient (Wildman–Crippen LogP) is 1.88. The van der Waals surface area contributed by atoms with Crippen LogP contribution in [0.5, 0.6) is 0 Å². The van der Waals surface area contributed by atoms with Gasteiger partial charge in [-0.3, -0.25) is 4.79 Å². The Hall–Kier alpha value is -0.990. The summed E-state index contributed by atoms with van der Waals surface area (Å²) in [6, 6.07) is 0. The Bertz CT molecular complexity index is 153. The number of carbonyl (C=O) groups is 1. The first-order valence-electron chi connectivity index (χ1n) is 4.24. The second kappa shape index (κ2) is 6.70. The van der Waals surface area contributed by atoms with E-state index in [0.717, 1.165) is 0 Å². The Balaban J connectivity index is 4.06. The molecule has 3 heteroatoms. The molecule has 0 atom stereocenters. The molecule has 0 aromatic rings. The summed E-state index contributed by atoms with van der Waals surface area (Å²) in [4.78, 5) is 10.9. The molecule has 0 aromatic carbocycles. The fourth-order valence-electron chi connectivity index (χ4n) is 0.643. The van der Waals surface area contributed by atoms with Crippen LogP contribution in [0.4, 0.5) is 0 Å². The van der Waals surface area contributed by atoms with Gasteiger partial charge >= 0.3 is 0 Å². The van der Waals surface area contributed by atoms with Crippen LogP contribution in [-0.2, 0) is 14.3 Å². The van der Waals surface area contributed by atoms with Crippen molar-refractivity contribution in [1.29, 1.82) is 0 Å². The van der Waals surface area contributed by atoms with Gasteiger partial charge in [0, 0.05) is 6.42 Å². The lowest BCUT2D eigenvalue weighted by atomic mass is 10.3. The van der Waals surface area contributed by atoms with Crippen LogP contribution in [0, 0.1) is 0 Å². The smallest absolute Gasteiger partial charge is 0.282 e. The van der Waals surface area contributed by atoms with Crippen LogP contribution in [0.25, 0.3) is 0 Å². The molecule has 70 valence electrons. The fourth-order valence-corrected chi connectivity index (χ4v) is 0.643. The monoisotopic (exact) mass is 172 g/mol. The number of ether oxygens (including phenoxy) is 2. The first-order chi connectivity index (χ1) is 5.74. The van der Waals surface area contributed by atoms with E-state index in [0.29, 0.717) is 25.6 Å². The minimum Gasteiger partial charge on any atom is -0.466 e. The van der Waals surface area contributed by atoms with Crippen molar-refractivity contribution < 1.29 is 14.3 Å². The van der Waals surface area contributed by atoms with Gasteiger partial charge in [0.15, 0.2) is 5.78 Å². The SMILES string of the molecule is CCOC(=CC(=O)CC)OCC. The van der Waals surface area contributed by atoms with Crippen LogP contribution in [0.1, 0.15) is 27.2 Å². The predicted molar refractivity (Wildman–Crippen MR) is 46.6 cm³/mol. The van der Waals surface area contributed by atoms with Crippen molar-refractivity contribution >= 4 is 5.78 Å². The summed E-state index contributed by atoms with van der Waals surface area (Å²) in [6.45, 7) is 6.53. The summed E-state index contributed by atoms with van der Waals surface area (Å²) in [5, 5.41) is 0. The van der Waals surface area contributed by atoms with Crippen molar-refractivity contribution in [3.63, 3.8) is 0 Å². The highest BCUT2D eigenvalue weighted by atomic mass is 16.7. The molecule has 0 N–H and O–H groups in total. The third kappa shape index (κ3) is 4.77. The zero-order chi connectivity index (χ0) is 9.40. The van der Waals surface area contributed by atoms with Gasteiger partial charge in [-0.15, -0.1) is 0 Å². The Morgan fingerprint density at radius 1 is 1.17 bits per heavy atom. The summed E-state index contributed by atoms with van der Waals surface area (Å²) >= 11 is 0. The molecule has 0 aromatic heterocycles. The molecule has 0 aliphatic heterocycles. The molecule has 0 radical (unpaired) electrons. The third-order valence-electron chi connectivity index (χ3n) is 1.20. The zero-order valence-corrected chi connectivity index (χ0v) is 7.92. The summed E-state index contributed by atoms with van der Waals surface area (Å²) in [6.07, 6.45) is 1.87. The van der Waals surface area contributed by atoms with Gasteiger partial charge in [-0.05, 0) is 13.8 Å². The maximum absolute atomic E-state index is 10.9. The molecule has 12 heavy (non-hydrogen) atoms. The van der Waals surface area contributed by atoms with Gasteiger partial charge in [-0.25, -0.2) is 0 Å². The molecule has 0 saturated heterocycles. The minimum atomic E-state index is 0.0203. The Labute approximate surface area is 73.4 Å². The summed E-state index contributed by atoms with van der Waals surface area (Å²) in [5.74, 6) is 0.346. The molecule has 0 rings (SSSR count). The summed E-state index contributed by atoms with van der Waals surface area (Å²) < 4.78 is 10.1. The van der Waals surface area contributed by atoms with Crippen molar-refractivity contribution in [2.45, 2.75) is 27.2 Å². The normalized spacial score (nSPS) is 8.92. The van der Waals surface area contributed by atoms with E-state index in [1.54, 1.807) is 6.92 Å². The average molecular weight is 172 g/mol. The van der Waals surface area contributed by atoms with Crippen molar-refractivity contribution in [2.24, 2.45) is 0 Å². The summed E-state index contributed by atoms with van der Waals surface area (Å²) in [5.41, 5.74) is 0. The molecule has 3 nitrogen and oxygen atoms in total. The second-order valence-electron chi connectivity index (χ2n) is 2.15. The first-order valence-corrected chi connectivity index (χ1v) is 4.24. The molecule has 0 saturated carbocycles. The molecule has 0 heterocycles. The highest BCUT2D eigenvalue weighted by molar-refractivity contribution is 5.89. The van der Waals surface area contributed by atoms with E-state index in [9.17, 15) is 4.79 Å². The molecule has 0 unspecified atom stereocenters. The molecular weight excluding hydrogens is 156 g/mol. The highest BCUT2D eigenvalue weighted by Crippen LogP contribution is 2.00. The fraction of sp³-hybridized carbons (Fsp3) is 0.667. The van der Waals surface area contributed by atoms with E-state index in [4.69, 9.17) is 9.47 Å². The molecule has 0 bridgehead atoms. The molecule has 0 fully saturated rings. The quantitative estimate of drug-likeness (QED) is 0.453. The van der Waals surface area contributed by atoms with Crippen LogP contribution in [0.15, 0.2) is 12.0 Å². The van der Waals surface area contributed by atoms with Gasteiger partial charge in [-0.1, -0.05) is 6.92 Å². The average Bonchev–Trinajstić information content (AvgIpc) is 2.05. The third-order valence-corrected chi connectivity index (χ3v) is 1.20. The number of allylic oxidation sites excluding steroid dienone is 1. The number of hydrogen-bond acceptors (Lipinski definition) is 3. The van der Waals surface area contributed by atoms with E-state index in [-0.39, 0.29) is 5.78 Å². The Morgan fingerprint density at radius 2 is 1.67 bits per heavy atom. The second-order valence-corrected chi connectivity index (χ2v) is 2.15. The van der Waals surface area contributed by atoms with E-state index < -0.39 is 0 Å². The lowest BCUT2D eigenvalue weighted by molar-refractivity contribution is -0.114. The van der Waals surface area contributed by atoms with Gasteiger partial charge < -0.3 is 9.47 Å². The lowest BCUT2D eigenvalue weighted by Gasteiger charge is -2.07. The molecule has 0 aliphatic carbocycles. The van der Waals surface area contributed by atoms with Crippen LogP contribution >= 0.6 is 0 Å². The highest BCUT2D eigenvalue weighted by Gasteiger charge is 2.00. The molecule has 0 amide bonds. The van der Waals surface area contributed by atoms with Gasteiger partial charge in [0.1, 0.15) is 0 Å². The lowest BCUT2D eigenvalue weighted by Crippen LogP contribution is -2.01. The maximum atomic E-state index is 10.9. The van der Waals surface area contributed by atoms with Crippen LogP contribution < -0.4 is 0 Å². The number of rotatable bonds is 6. The largest absolute Gasteiger partial charge is 0.466 e. The van der Waals surface area contributed by atoms with Gasteiger partial charge in [0.05, 0.1) is 19.3 Å². The Kier molecular flexibility index (Phi) is 6.15. The zero-order valence-electron chi connectivity index (χ0n) is 7.92. The number of hydrogen-bond donors (Lipinski definition) is 0. The summed E-state index contributed by atoms with van der Waals surface area (Å²) in [7, 11) is 0. The minimum absolute atomic E-state index is 0.0203. The Morgan fingerprint density at radius 3 is 2.00 bits per heavy atom. The molecular formula is C9H16O3. The van der Waals surface area contributed by atoms with Crippen LogP contribution in [-0.4, -0.2) is 19.0 Å². The van der Waals surface area contributed by atoms with E-state index >= 15 is 0 Å².